The van der Waals surface area contributed by atoms with E-state index < -0.39 is 6.09 Å². The van der Waals surface area contributed by atoms with Crippen molar-refractivity contribution < 1.29 is 9.53 Å². The summed E-state index contributed by atoms with van der Waals surface area (Å²) in [6.07, 6.45) is 3.86. The van der Waals surface area contributed by atoms with Gasteiger partial charge in [-0.2, -0.15) is 0 Å². The van der Waals surface area contributed by atoms with Gasteiger partial charge in [0, 0.05) is 50.6 Å². The predicted octanol–water partition coefficient (Wildman–Crippen LogP) is 2.29. The van der Waals surface area contributed by atoms with E-state index in [0.29, 0.717) is 24.3 Å². The van der Waals surface area contributed by atoms with E-state index in [1.807, 2.05) is 6.20 Å². The lowest BCUT2D eigenvalue weighted by atomic mass is 10.1. The molecular formula is C15H26N4O2. The van der Waals surface area contributed by atoms with Crippen molar-refractivity contribution in [3.05, 3.63) is 23.4 Å². The molecule has 0 spiro atoms. The third-order valence-corrected chi connectivity index (χ3v) is 3.12. The number of allylic oxidation sites excluding steroid dienone is 1. The SMILES string of the molecule is CC(C)N(C=C1CC=NC(N)=C1OC(=O)N(C)C)C(C)C. The molecule has 0 bridgehead atoms. The molecule has 6 nitrogen and oxygen atoms in total. The number of rotatable bonds is 4. The van der Waals surface area contributed by atoms with Crippen molar-refractivity contribution in [2.24, 2.45) is 10.7 Å². The van der Waals surface area contributed by atoms with E-state index in [1.54, 1.807) is 20.3 Å². The standard InChI is InChI=1S/C15H26N4O2/c1-10(2)19(11(3)4)9-12-7-8-17-14(16)13(12)21-15(20)18(5)6/h8-11H,7,16H2,1-6H3. The van der Waals surface area contributed by atoms with Crippen LogP contribution < -0.4 is 5.73 Å². The summed E-state index contributed by atoms with van der Waals surface area (Å²) in [7, 11) is 3.26. The summed E-state index contributed by atoms with van der Waals surface area (Å²) in [4.78, 5) is 19.4. The van der Waals surface area contributed by atoms with E-state index in [0.717, 1.165) is 5.57 Å². The van der Waals surface area contributed by atoms with Crippen molar-refractivity contribution in [2.75, 3.05) is 14.1 Å². The molecule has 0 aromatic heterocycles. The Kier molecular flexibility index (Phi) is 5.81. The minimum absolute atomic E-state index is 0.232. The monoisotopic (exact) mass is 294 g/mol. The Labute approximate surface area is 126 Å². The smallest absolute Gasteiger partial charge is 0.406 e. The molecule has 2 N–H and O–H groups in total. The van der Waals surface area contributed by atoms with Crippen LogP contribution in [-0.2, 0) is 4.74 Å². The highest BCUT2D eigenvalue weighted by Gasteiger charge is 2.21. The Morgan fingerprint density at radius 3 is 2.38 bits per heavy atom. The van der Waals surface area contributed by atoms with Crippen molar-refractivity contribution >= 4 is 12.3 Å². The van der Waals surface area contributed by atoms with Gasteiger partial charge in [0.05, 0.1) is 0 Å². The minimum Gasteiger partial charge on any atom is -0.406 e. The fourth-order valence-electron chi connectivity index (χ4n) is 2.04. The molecule has 1 aliphatic rings. The Bertz CT molecular complexity index is 468. The molecule has 0 atom stereocenters. The first-order valence-corrected chi connectivity index (χ1v) is 7.14. The molecule has 0 radical (unpaired) electrons. The molecule has 118 valence electrons. The zero-order chi connectivity index (χ0) is 16.2. The average molecular weight is 294 g/mol. The lowest BCUT2D eigenvalue weighted by Gasteiger charge is -2.31. The van der Waals surface area contributed by atoms with Gasteiger partial charge >= 0.3 is 6.09 Å². The van der Waals surface area contributed by atoms with Crippen LogP contribution in [0.3, 0.4) is 0 Å². The summed E-state index contributed by atoms with van der Waals surface area (Å²) in [5.74, 6) is 0.581. The van der Waals surface area contributed by atoms with E-state index in [4.69, 9.17) is 10.5 Å². The summed E-state index contributed by atoms with van der Waals surface area (Å²) >= 11 is 0. The fourth-order valence-corrected chi connectivity index (χ4v) is 2.04. The molecule has 0 aromatic rings. The van der Waals surface area contributed by atoms with E-state index in [1.165, 1.54) is 4.90 Å². The molecule has 0 aliphatic carbocycles. The highest BCUT2D eigenvalue weighted by atomic mass is 16.6. The number of hydrogen-bond donors (Lipinski definition) is 1. The van der Waals surface area contributed by atoms with Crippen LogP contribution in [0.5, 0.6) is 0 Å². The molecular weight excluding hydrogens is 268 g/mol. The highest BCUT2D eigenvalue weighted by molar-refractivity contribution is 5.72. The van der Waals surface area contributed by atoms with Gasteiger partial charge in [0.2, 0.25) is 0 Å². The molecule has 0 saturated carbocycles. The zero-order valence-corrected chi connectivity index (χ0v) is 13.8. The van der Waals surface area contributed by atoms with Gasteiger partial charge in [-0.1, -0.05) is 0 Å². The largest absolute Gasteiger partial charge is 0.414 e. The summed E-state index contributed by atoms with van der Waals surface area (Å²) < 4.78 is 5.37. The van der Waals surface area contributed by atoms with E-state index >= 15 is 0 Å². The Morgan fingerprint density at radius 2 is 1.90 bits per heavy atom. The molecule has 21 heavy (non-hydrogen) atoms. The van der Waals surface area contributed by atoms with E-state index in [2.05, 4.69) is 37.6 Å². The normalized spacial score (nSPS) is 16.9. The summed E-state index contributed by atoms with van der Waals surface area (Å²) in [6.45, 7) is 8.47. The highest BCUT2D eigenvalue weighted by Crippen LogP contribution is 2.24. The van der Waals surface area contributed by atoms with Crippen molar-refractivity contribution in [3.8, 4) is 0 Å². The number of amides is 1. The zero-order valence-electron chi connectivity index (χ0n) is 13.8. The van der Waals surface area contributed by atoms with Gasteiger partial charge in [0.25, 0.3) is 0 Å². The summed E-state index contributed by atoms with van der Waals surface area (Å²) in [6, 6.07) is 0.673. The van der Waals surface area contributed by atoms with Crippen LogP contribution in [0.4, 0.5) is 4.79 Å². The van der Waals surface area contributed by atoms with Crippen molar-refractivity contribution in [2.45, 2.75) is 46.2 Å². The van der Waals surface area contributed by atoms with Gasteiger partial charge in [0.1, 0.15) is 0 Å². The number of aliphatic imine (C=N–C) groups is 1. The first-order valence-electron chi connectivity index (χ1n) is 7.14. The Balaban J connectivity index is 3.10. The first-order chi connectivity index (χ1) is 9.73. The van der Waals surface area contributed by atoms with Crippen LogP contribution in [0.1, 0.15) is 34.1 Å². The predicted molar refractivity (Wildman–Crippen MR) is 84.7 cm³/mol. The number of hydrogen-bond acceptors (Lipinski definition) is 5. The molecule has 0 saturated heterocycles. The van der Waals surface area contributed by atoms with Crippen LogP contribution in [0.2, 0.25) is 0 Å². The molecule has 0 aromatic carbocycles. The molecule has 1 heterocycles. The minimum atomic E-state index is -0.461. The second-order valence-corrected chi connectivity index (χ2v) is 5.78. The average Bonchev–Trinajstić information content (AvgIpc) is 2.38. The van der Waals surface area contributed by atoms with Crippen LogP contribution in [0, 0.1) is 0 Å². The topological polar surface area (TPSA) is 71.2 Å². The quantitative estimate of drug-likeness (QED) is 0.863. The van der Waals surface area contributed by atoms with Crippen LogP contribution in [-0.4, -0.2) is 48.3 Å². The Morgan fingerprint density at radius 1 is 1.33 bits per heavy atom. The van der Waals surface area contributed by atoms with Gasteiger partial charge in [-0.3, -0.25) is 0 Å². The van der Waals surface area contributed by atoms with Crippen LogP contribution >= 0.6 is 0 Å². The van der Waals surface area contributed by atoms with Crippen LogP contribution in [0.25, 0.3) is 0 Å². The van der Waals surface area contributed by atoms with Crippen molar-refractivity contribution in [1.29, 1.82) is 0 Å². The van der Waals surface area contributed by atoms with Gasteiger partial charge in [-0.25, -0.2) is 9.79 Å². The fraction of sp³-hybridized carbons (Fsp3) is 0.600. The van der Waals surface area contributed by atoms with Gasteiger partial charge in [-0.15, -0.1) is 0 Å². The van der Waals surface area contributed by atoms with Crippen molar-refractivity contribution in [3.63, 3.8) is 0 Å². The number of carbonyl (C=O) groups is 1. The van der Waals surface area contributed by atoms with Gasteiger partial charge in [-0.05, 0) is 27.7 Å². The van der Waals surface area contributed by atoms with Crippen LogP contribution in [0.15, 0.2) is 28.3 Å². The maximum atomic E-state index is 11.8. The number of carbonyl (C=O) groups excluding carboxylic acids is 1. The molecule has 1 amide bonds. The van der Waals surface area contributed by atoms with Crippen molar-refractivity contribution in [1.82, 2.24) is 9.80 Å². The number of nitrogens with two attached hydrogens (primary N) is 1. The molecule has 0 fully saturated rings. The van der Waals surface area contributed by atoms with Gasteiger partial charge < -0.3 is 20.3 Å². The van der Waals surface area contributed by atoms with Gasteiger partial charge in [0.15, 0.2) is 11.6 Å². The molecule has 1 aliphatic heterocycles. The lowest BCUT2D eigenvalue weighted by molar-refractivity contribution is 0.146. The van der Waals surface area contributed by atoms with E-state index in [9.17, 15) is 4.79 Å². The maximum absolute atomic E-state index is 11.8. The molecule has 6 heteroatoms. The molecule has 0 unspecified atom stereocenters. The molecule has 1 rings (SSSR count). The maximum Gasteiger partial charge on any atom is 0.414 e. The summed E-state index contributed by atoms with van der Waals surface area (Å²) in [5.41, 5.74) is 6.73. The van der Waals surface area contributed by atoms with E-state index in [-0.39, 0.29) is 5.82 Å². The number of ether oxygens (including phenoxy) is 1. The lowest BCUT2D eigenvalue weighted by Crippen LogP contribution is -2.33. The second-order valence-electron chi connectivity index (χ2n) is 5.78. The second kappa shape index (κ2) is 7.15. The Hall–Kier alpha value is -1.98. The third kappa shape index (κ3) is 4.51. The first kappa shape index (κ1) is 17.1. The summed E-state index contributed by atoms with van der Waals surface area (Å²) in [5, 5.41) is 0. The number of nitrogens with zero attached hydrogens (tertiary/aromatic N) is 3. The third-order valence-electron chi connectivity index (χ3n) is 3.12.